The molecule has 0 spiro atoms. The largest absolute Gasteiger partial charge is 0.488 e. The molecule has 0 aromatic heterocycles. The number of carbonyl (C=O) groups excluding carboxylic acids is 1. The third kappa shape index (κ3) is 4.15. The van der Waals surface area contributed by atoms with Gasteiger partial charge in [0.05, 0.1) is 5.56 Å². The molecule has 0 aliphatic rings. The van der Waals surface area contributed by atoms with Crippen LogP contribution < -0.4 is 10.1 Å². The molecule has 0 aliphatic heterocycles. The van der Waals surface area contributed by atoms with Gasteiger partial charge in [-0.05, 0) is 24.6 Å². The highest BCUT2D eigenvalue weighted by Crippen LogP contribution is 2.18. The van der Waals surface area contributed by atoms with E-state index in [1.807, 2.05) is 13.0 Å². The number of ether oxygens (including phenoxy) is 1. The molecule has 0 bridgehead atoms. The van der Waals surface area contributed by atoms with E-state index in [9.17, 15) is 4.79 Å². The van der Waals surface area contributed by atoms with Crippen LogP contribution >= 0.6 is 0 Å². The predicted molar refractivity (Wildman–Crippen MR) is 69.3 cm³/mol. The Labute approximate surface area is 102 Å². The molecule has 0 heterocycles. The standard InChI is InChI=1S/C14H17NO2/c1-4-9-15-14(16)12-7-5-6-8-13(12)17-10-11(2)3/h4-8H,1-2,9-10H2,3H3,(H,15,16). The Hall–Kier alpha value is -2.03. The lowest BCUT2D eigenvalue weighted by atomic mass is 10.2. The summed E-state index contributed by atoms with van der Waals surface area (Å²) in [4.78, 5) is 11.8. The van der Waals surface area contributed by atoms with Gasteiger partial charge in [-0.1, -0.05) is 24.8 Å². The summed E-state index contributed by atoms with van der Waals surface area (Å²) < 4.78 is 5.51. The topological polar surface area (TPSA) is 38.3 Å². The molecule has 3 nitrogen and oxygen atoms in total. The van der Waals surface area contributed by atoms with E-state index in [-0.39, 0.29) is 5.91 Å². The maximum Gasteiger partial charge on any atom is 0.255 e. The van der Waals surface area contributed by atoms with Crippen molar-refractivity contribution in [2.24, 2.45) is 0 Å². The SMILES string of the molecule is C=CCNC(=O)c1ccccc1OCC(=C)C. The lowest BCUT2D eigenvalue weighted by molar-refractivity contribution is 0.0954. The molecule has 1 N–H and O–H groups in total. The molecule has 0 unspecified atom stereocenters. The zero-order valence-electron chi connectivity index (χ0n) is 10.0. The van der Waals surface area contributed by atoms with Crippen molar-refractivity contribution >= 4 is 5.91 Å². The second kappa shape index (κ2) is 6.53. The number of benzene rings is 1. The van der Waals surface area contributed by atoms with Gasteiger partial charge in [-0.15, -0.1) is 6.58 Å². The van der Waals surface area contributed by atoms with E-state index >= 15 is 0 Å². The molecule has 0 saturated heterocycles. The van der Waals surface area contributed by atoms with Crippen molar-refractivity contribution < 1.29 is 9.53 Å². The monoisotopic (exact) mass is 231 g/mol. The zero-order valence-corrected chi connectivity index (χ0v) is 10.0. The lowest BCUT2D eigenvalue weighted by Crippen LogP contribution is -2.23. The first-order chi connectivity index (χ1) is 8.15. The highest BCUT2D eigenvalue weighted by atomic mass is 16.5. The number of hydrogen-bond donors (Lipinski definition) is 1. The summed E-state index contributed by atoms with van der Waals surface area (Å²) in [6.45, 7) is 10.0. The Morgan fingerprint density at radius 3 is 2.82 bits per heavy atom. The number of para-hydroxylation sites is 1. The predicted octanol–water partition coefficient (Wildman–Crippen LogP) is 2.56. The van der Waals surface area contributed by atoms with Gasteiger partial charge in [0, 0.05) is 6.54 Å². The minimum atomic E-state index is -0.165. The van der Waals surface area contributed by atoms with E-state index < -0.39 is 0 Å². The molecule has 0 fully saturated rings. The van der Waals surface area contributed by atoms with Crippen LogP contribution in [0.3, 0.4) is 0 Å². The molecule has 1 aromatic carbocycles. The molecule has 1 rings (SSSR count). The maximum atomic E-state index is 11.8. The second-order valence-corrected chi connectivity index (χ2v) is 3.74. The molecule has 90 valence electrons. The van der Waals surface area contributed by atoms with Gasteiger partial charge in [0.15, 0.2) is 0 Å². The van der Waals surface area contributed by atoms with Crippen LogP contribution in [0.15, 0.2) is 49.1 Å². The van der Waals surface area contributed by atoms with Crippen LogP contribution in [0.4, 0.5) is 0 Å². The number of nitrogens with one attached hydrogen (secondary N) is 1. The van der Waals surface area contributed by atoms with Crippen molar-refractivity contribution in [3.05, 3.63) is 54.6 Å². The first-order valence-electron chi connectivity index (χ1n) is 5.40. The fourth-order valence-electron chi connectivity index (χ4n) is 1.24. The van der Waals surface area contributed by atoms with Gasteiger partial charge in [0.1, 0.15) is 12.4 Å². The molecule has 3 heteroatoms. The van der Waals surface area contributed by atoms with E-state index in [1.54, 1.807) is 24.3 Å². The fourth-order valence-corrected chi connectivity index (χ4v) is 1.24. The van der Waals surface area contributed by atoms with Gasteiger partial charge in [-0.2, -0.15) is 0 Å². The van der Waals surface area contributed by atoms with E-state index in [2.05, 4.69) is 18.5 Å². The van der Waals surface area contributed by atoms with Gasteiger partial charge >= 0.3 is 0 Å². The second-order valence-electron chi connectivity index (χ2n) is 3.74. The van der Waals surface area contributed by atoms with Crippen molar-refractivity contribution in [3.8, 4) is 5.75 Å². The lowest BCUT2D eigenvalue weighted by Gasteiger charge is -2.10. The van der Waals surface area contributed by atoms with E-state index in [0.29, 0.717) is 24.5 Å². The molecule has 1 aromatic rings. The van der Waals surface area contributed by atoms with Crippen molar-refractivity contribution in [3.63, 3.8) is 0 Å². The molecule has 1 amide bonds. The smallest absolute Gasteiger partial charge is 0.255 e. The quantitative estimate of drug-likeness (QED) is 0.764. The Balaban J connectivity index is 2.79. The van der Waals surface area contributed by atoms with Crippen LogP contribution in [0.5, 0.6) is 5.75 Å². The van der Waals surface area contributed by atoms with E-state index in [4.69, 9.17) is 4.74 Å². The Kier molecular flexibility index (Phi) is 5.01. The van der Waals surface area contributed by atoms with Crippen LogP contribution in [-0.2, 0) is 0 Å². The molecular formula is C14H17NO2. The van der Waals surface area contributed by atoms with Gasteiger partial charge < -0.3 is 10.1 Å². The van der Waals surface area contributed by atoms with Gasteiger partial charge in [0.25, 0.3) is 5.91 Å². The summed E-state index contributed by atoms with van der Waals surface area (Å²) in [5.41, 5.74) is 1.43. The summed E-state index contributed by atoms with van der Waals surface area (Å²) in [5, 5.41) is 2.72. The van der Waals surface area contributed by atoms with Crippen molar-refractivity contribution in [1.29, 1.82) is 0 Å². The van der Waals surface area contributed by atoms with Crippen LogP contribution in [0.25, 0.3) is 0 Å². The van der Waals surface area contributed by atoms with Crippen LogP contribution in [0.2, 0.25) is 0 Å². The maximum absolute atomic E-state index is 11.8. The van der Waals surface area contributed by atoms with Crippen molar-refractivity contribution in [2.45, 2.75) is 6.92 Å². The van der Waals surface area contributed by atoms with Crippen LogP contribution in [-0.4, -0.2) is 19.1 Å². The summed E-state index contributed by atoms with van der Waals surface area (Å²) in [6, 6.07) is 7.13. The Morgan fingerprint density at radius 1 is 1.47 bits per heavy atom. The number of carbonyl (C=O) groups is 1. The number of amides is 1. The van der Waals surface area contributed by atoms with E-state index in [0.717, 1.165) is 5.57 Å². The Bertz CT molecular complexity index is 424. The van der Waals surface area contributed by atoms with Crippen LogP contribution in [0.1, 0.15) is 17.3 Å². The van der Waals surface area contributed by atoms with Crippen molar-refractivity contribution in [2.75, 3.05) is 13.2 Å². The highest BCUT2D eigenvalue weighted by Gasteiger charge is 2.10. The highest BCUT2D eigenvalue weighted by molar-refractivity contribution is 5.96. The van der Waals surface area contributed by atoms with E-state index in [1.165, 1.54) is 0 Å². The normalized spacial score (nSPS) is 9.47. The molecular weight excluding hydrogens is 214 g/mol. The molecule has 0 radical (unpaired) electrons. The van der Waals surface area contributed by atoms with Gasteiger partial charge in [0.2, 0.25) is 0 Å². The molecule has 0 aliphatic carbocycles. The first kappa shape index (κ1) is 13.0. The van der Waals surface area contributed by atoms with Gasteiger partial charge in [-0.3, -0.25) is 4.79 Å². The fraction of sp³-hybridized carbons (Fsp3) is 0.214. The molecule has 17 heavy (non-hydrogen) atoms. The first-order valence-corrected chi connectivity index (χ1v) is 5.40. The summed E-state index contributed by atoms with van der Waals surface area (Å²) in [7, 11) is 0. The summed E-state index contributed by atoms with van der Waals surface area (Å²) in [6.07, 6.45) is 1.63. The summed E-state index contributed by atoms with van der Waals surface area (Å²) in [5.74, 6) is 0.402. The molecule has 0 atom stereocenters. The summed E-state index contributed by atoms with van der Waals surface area (Å²) >= 11 is 0. The third-order valence-electron chi connectivity index (χ3n) is 2.01. The minimum Gasteiger partial charge on any atom is -0.488 e. The zero-order chi connectivity index (χ0) is 12.7. The minimum absolute atomic E-state index is 0.165. The Morgan fingerprint density at radius 2 is 2.18 bits per heavy atom. The molecule has 0 saturated carbocycles. The van der Waals surface area contributed by atoms with Gasteiger partial charge in [-0.25, -0.2) is 0 Å². The number of rotatable bonds is 6. The van der Waals surface area contributed by atoms with Crippen molar-refractivity contribution in [1.82, 2.24) is 5.32 Å². The van der Waals surface area contributed by atoms with Crippen LogP contribution in [0, 0.1) is 0 Å². The number of hydrogen-bond acceptors (Lipinski definition) is 2. The average molecular weight is 231 g/mol. The average Bonchev–Trinajstić information content (AvgIpc) is 2.33. The third-order valence-corrected chi connectivity index (χ3v) is 2.01.